The first-order valence-corrected chi connectivity index (χ1v) is 7.12. The van der Waals surface area contributed by atoms with Gasteiger partial charge >= 0.3 is 0 Å². The summed E-state index contributed by atoms with van der Waals surface area (Å²) in [7, 11) is 0. The van der Waals surface area contributed by atoms with Gasteiger partial charge in [-0.15, -0.1) is 0 Å². The monoisotopic (exact) mass is 299 g/mol. The summed E-state index contributed by atoms with van der Waals surface area (Å²) < 4.78 is 0. The Hall–Kier alpha value is -2.27. The topological polar surface area (TPSA) is 54.0 Å². The van der Waals surface area contributed by atoms with Crippen LogP contribution in [0.15, 0.2) is 48.7 Å². The summed E-state index contributed by atoms with van der Waals surface area (Å²) in [5, 5.41) is 6.03. The number of thiocarbonyl (C=S) groups is 1. The number of nitrogens with one attached hydrogen (secondary N) is 2. The molecule has 0 saturated carbocycles. The first kappa shape index (κ1) is 15.1. The molecule has 5 heteroatoms. The molecular weight excluding hydrogens is 282 g/mol. The third-order valence-corrected chi connectivity index (χ3v) is 3.26. The normalized spacial score (nSPS) is 9.95. The molecule has 4 nitrogen and oxygen atoms in total. The van der Waals surface area contributed by atoms with Crippen molar-refractivity contribution >= 4 is 23.2 Å². The fourth-order valence-electron chi connectivity index (χ4n) is 1.89. The lowest BCUT2D eigenvalue weighted by Gasteiger charge is -2.10. The van der Waals surface area contributed by atoms with Crippen LogP contribution in [0.2, 0.25) is 0 Å². The van der Waals surface area contributed by atoms with E-state index < -0.39 is 0 Å². The van der Waals surface area contributed by atoms with Crippen LogP contribution in [0.5, 0.6) is 0 Å². The second-order valence-corrected chi connectivity index (χ2v) is 5.00. The largest absolute Gasteiger partial charge is 0.362 e. The lowest BCUT2D eigenvalue weighted by Crippen LogP contribution is -2.40. The van der Waals surface area contributed by atoms with Gasteiger partial charge in [0.15, 0.2) is 5.11 Å². The predicted molar refractivity (Wildman–Crippen MR) is 87.2 cm³/mol. The van der Waals surface area contributed by atoms with E-state index in [1.807, 2.05) is 43.3 Å². The van der Waals surface area contributed by atoms with E-state index in [1.54, 1.807) is 12.3 Å². The Balaban J connectivity index is 1.80. The zero-order chi connectivity index (χ0) is 15.1. The first-order chi connectivity index (χ1) is 10.2. The Morgan fingerprint density at radius 2 is 1.95 bits per heavy atom. The molecule has 0 aliphatic rings. The highest BCUT2D eigenvalue weighted by molar-refractivity contribution is 7.80. The average molecular weight is 299 g/mol. The number of aromatic nitrogens is 1. The van der Waals surface area contributed by atoms with E-state index >= 15 is 0 Å². The van der Waals surface area contributed by atoms with Gasteiger partial charge in [-0.1, -0.05) is 24.3 Å². The molecule has 1 heterocycles. The SMILES string of the molecule is Cc1ccccc1C(=O)NC(=S)NCCc1ccccn1. The van der Waals surface area contributed by atoms with Crippen LogP contribution in [0.4, 0.5) is 0 Å². The Morgan fingerprint density at radius 3 is 2.67 bits per heavy atom. The van der Waals surface area contributed by atoms with E-state index in [-0.39, 0.29) is 5.91 Å². The number of hydrogen-bond donors (Lipinski definition) is 2. The highest BCUT2D eigenvalue weighted by Gasteiger charge is 2.09. The van der Waals surface area contributed by atoms with Gasteiger partial charge in [-0.3, -0.25) is 15.1 Å². The van der Waals surface area contributed by atoms with Crippen LogP contribution in [0.1, 0.15) is 21.6 Å². The third kappa shape index (κ3) is 4.65. The van der Waals surface area contributed by atoms with Crippen molar-refractivity contribution in [3.63, 3.8) is 0 Å². The van der Waals surface area contributed by atoms with E-state index in [0.29, 0.717) is 17.2 Å². The van der Waals surface area contributed by atoms with Crippen LogP contribution in [0.3, 0.4) is 0 Å². The van der Waals surface area contributed by atoms with Crippen LogP contribution in [0, 0.1) is 6.92 Å². The Morgan fingerprint density at radius 1 is 1.19 bits per heavy atom. The summed E-state index contributed by atoms with van der Waals surface area (Å²) >= 11 is 5.13. The molecule has 0 spiro atoms. The van der Waals surface area contributed by atoms with Crippen LogP contribution in [0.25, 0.3) is 0 Å². The van der Waals surface area contributed by atoms with Gasteiger partial charge in [-0.25, -0.2) is 0 Å². The minimum absolute atomic E-state index is 0.191. The average Bonchev–Trinajstić information content (AvgIpc) is 2.48. The first-order valence-electron chi connectivity index (χ1n) is 6.71. The maximum atomic E-state index is 12.1. The number of amides is 1. The van der Waals surface area contributed by atoms with E-state index in [4.69, 9.17) is 12.2 Å². The lowest BCUT2D eigenvalue weighted by atomic mass is 10.1. The van der Waals surface area contributed by atoms with E-state index in [1.165, 1.54) is 0 Å². The van der Waals surface area contributed by atoms with E-state index in [0.717, 1.165) is 17.7 Å². The molecule has 2 rings (SSSR count). The minimum atomic E-state index is -0.191. The second kappa shape index (κ2) is 7.50. The minimum Gasteiger partial charge on any atom is -0.362 e. The molecule has 21 heavy (non-hydrogen) atoms. The van der Waals surface area contributed by atoms with Crippen molar-refractivity contribution in [1.82, 2.24) is 15.6 Å². The number of pyridine rings is 1. The van der Waals surface area contributed by atoms with Gasteiger partial charge in [0.1, 0.15) is 0 Å². The molecule has 1 aromatic heterocycles. The zero-order valence-electron chi connectivity index (χ0n) is 11.8. The molecule has 0 saturated heterocycles. The molecule has 108 valence electrons. The van der Waals surface area contributed by atoms with Gasteiger partial charge in [0.25, 0.3) is 5.91 Å². The van der Waals surface area contributed by atoms with Gasteiger partial charge in [-0.2, -0.15) is 0 Å². The second-order valence-electron chi connectivity index (χ2n) is 4.60. The van der Waals surface area contributed by atoms with Crippen molar-refractivity contribution in [2.45, 2.75) is 13.3 Å². The summed E-state index contributed by atoms with van der Waals surface area (Å²) in [6.07, 6.45) is 2.51. The van der Waals surface area contributed by atoms with Gasteiger partial charge in [-0.05, 0) is 42.9 Å². The lowest BCUT2D eigenvalue weighted by molar-refractivity contribution is 0.0976. The molecule has 0 atom stereocenters. The highest BCUT2D eigenvalue weighted by Crippen LogP contribution is 2.06. The quantitative estimate of drug-likeness (QED) is 0.850. The number of carbonyl (C=O) groups is 1. The Labute approximate surface area is 129 Å². The van der Waals surface area contributed by atoms with Crippen molar-refractivity contribution in [3.05, 3.63) is 65.5 Å². The van der Waals surface area contributed by atoms with Crippen molar-refractivity contribution in [2.24, 2.45) is 0 Å². The molecule has 2 N–H and O–H groups in total. The maximum absolute atomic E-state index is 12.1. The number of rotatable bonds is 4. The summed E-state index contributed by atoms with van der Waals surface area (Å²) in [5.41, 5.74) is 2.54. The molecule has 0 aliphatic carbocycles. The van der Waals surface area contributed by atoms with Gasteiger partial charge in [0, 0.05) is 30.4 Å². The molecular formula is C16H17N3OS. The number of aryl methyl sites for hydroxylation is 1. The molecule has 1 aromatic carbocycles. The van der Waals surface area contributed by atoms with Gasteiger partial charge in [0.2, 0.25) is 0 Å². The third-order valence-electron chi connectivity index (χ3n) is 3.01. The van der Waals surface area contributed by atoms with Gasteiger partial charge < -0.3 is 5.32 Å². The van der Waals surface area contributed by atoms with Crippen LogP contribution < -0.4 is 10.6 Å². The molecule has 0 aliphatic heterocycles. The summed E-state index contributed by atoms with van der Waals surface area (Å²) in [6, 6.07) is 13.2. The summed E-state index contributed by atoms with van der Waals surface area (Å²) in [6.45, 7) is 2.52. The van der Waals surface area contributed by atoms with Crippen LogP contribution in [-0.2, 0) is 6.42 Å². The molecule has 2 aromatic rings. The van der Waals surface area contributed by atoms with Crippen molar-refractivity contribution in [1.29, 1.82) is 0 Å². The van der Waals surface area contributed by atoms with Crippen molar-refractivity contribution in [2.75, 3.05) is 6.54 Å². The van der Waals surface area contributed by atoms with Crippen molar-refractivity contribution in [3.8, 4) is 0 Å². The predicted octanol–water partition coefficient (Wildman–Crippen LogP) is 2.24. The summed E-state index contributed by atoms with van der Waals surface area (Å²) in [5.74, 6) is -0.191. The van der Waals surface area contributed by atoms with Crippen LogP contribution in [-0.4, -0.2) is 22.5 Å². The fourth-order valence-corrected chi connectivity index (χ4v) is 2.09. The smallest absolute Gasteiger partial charge is 0.257 e. The Kier molecular flexibility index (Phi) is 5.40. The van der Waals surface area contributed by atoms with Gasteiger partial charge in [0.05, 0.1) is 0 Å². The number of benzene rings is 1. The maximum Gasteiger partial charge on any atom is 0.257 e. The molecule has 0 unspecified atom stereocenters. The Bertz CT molecular complexity index is 628. The van der Waals surface area contributed by atoms with Crippen molar-refractivity contribution < 1.29 is 4.79 Å². The summed E-state index contributed by atoms with van der Waals surface area (Å²) in [4.78, 5) is 16.3. The standard InChI is InChI=1S/C16H17N3OS/c1-12-6-2-3-8-14(12)15(20)19-16(21)18-11-9-13-7-4-5-10-17-13/h2-8,10H,9,11H2,1H3,(H2,18,19,20,21). The molecule has 0 bridgehead atoms. The number of carbonyl (C=O) groups excluding carboxylic acids is 1. The van der Waals surface area contributed by atoms with Crippen LogP contribution >= 0.6 is 12.2 Å². The number of nitrogens with zero attached hydrogens (tertiary/aromatic N) is 1. The number of hydrogen-bond acceptors (Lipinski definition) is 3. The molecule has 0 radical (unpaired) electrons. The highest BCUT2D eigenvalue weighted by atomic mass is 32.1. The molecule has 1 amide bonds. The fraction of sp³-hybridized carbons (Fsp3) is 0.188. The molecule has 0 fully saturated rings. The van der Waals surface area contributed by atoms with E-state index in [2.05, 4.69) is 15.6 Å². The zero-order valence-corrected chi connectivity index (χ0v) is 12.6. The van der Waals surface area contributed by atoms with E-state index in [9.17, 15) is 4.79 Å².